The summed E-state index contributed by atoms with van der Waals surface area (Å²) in [6.45, 7) is 5.09. The van der Waals surface area contributed by atoms with Gasteiger partial charge in [0.05, 0.1) is 0 Å². The van der Waals surface area contributed by atoms with Crippen LogP contribution in [0.15, 0.2) is 29.1 Å². The first-order valence-electron chi connectivity index (χ1n) is 6.41. The second-order valence-corrected chi connectivity index (χ2v) is 4.24. The molecule has 2 rings (SSSR count). The molecule has 1 heterocycles. The smallest absolute Gasteiger partial charge is 0.264 e. The Labute approximate surface area is 115 Å². The van der Waals surface area contributed by atoms with Crippen LogP contribution in [0, 0.1) is 5.82 Å². The van der Waals surface area contributed by atoms with Gasteiger partial charge in [0.2, 0.25) is 11.8 Å². The molecule has 2 N–H and O–H groups in total. The third-order valence-electron chi connectivity index (χ3n) is 3.09. The zero-order chi connectivity index (χ0) is 14.7. The van der Waals surface area contributed by atoms with Gasteiger partial charge >= 0.3 is 0 Å². The van der Waals surface area contributed by atoms with Gasteiger partial charge in [-0.3, -0.25) is 9.78 Å². The molecule has 0 amide bonds. The lowest BCUT2D eigenvalue weighted by Crippen LogP contribution is -2.27. The van der Waals surface area contributed by atoms with Crippen LogP contribution in [0.4, 0.5) is 10.3 Å². The number of rotatable bonds is 4. The van der Waals surface area contributed by atoms with Crippen molar-refractivity contribution in [1.29, 1.82) is 0 Å². The van der Waals surface area contributed by atoms with Crippen LogP contribution in [0.1, 0.15) is 13.8 Å². The maximum absolute atomic E-state index is 13.7. The van der Waals surface area contributed by atoms with Gasteiger partial charge in [-0.15, -0.1) is 0 Å². The lowest BCUT2D eigenvalue weighted by Gasteiger charge is -2.19. The molecule has 0 aliphatic rings. The first kappa shape index (κ1) is 14.0. The van der Waals surface area contributed by atoms with Gasteiger partial charge < -0.3 is 10.0 Å². The van der Waals surface area contributed by atoms with Crippen molar-refractivity contribution >= 4 is 5.95 Å². The molecule has 0 saturated heterocycles. The highest BCUT2D eigenvalue weighted by Crippen LogP contribution is 2.26. The third-order valence-corrected chi connectivity index (χ3v) is 3.09. The number of nitrogens with zero attached hydrogens (tertiary/aromatic N) is 2. The maximum atomic E-state index is 13.7. The number of halogens is 1. The fourth-order valence-electron chi connectivity index (χ4n) is 2.03. The zero-order valence-corrected chi connectivity index (χ0v) is 11.4. The highest BCUT2D eigenvalue weighted by Gasteiger charge is 2.17. The number of nitrogens with one attached hydrogen (secondary N) is 1. The molecule has 1 aromatic heterocycles. The summed E-state index contributed by atoms with van der Waals surface area (Å²) in [4.78, 5) is 20.4. The molecule has 0 aliphatic heterocycles. The van der Waals surface area contributed by atoms with E-state index in [4.69, 9.17) is 0 Å². The summed E-state index contributed by atoms with van der Waals surface area (Å²) in [6, 6.07) is 5.77. The number of aromatic amines is 1. The van der Waals surface area contributed by atoms with Gasteiger partial charge in [0.15, 0.2) is 0 Å². The van der Waals surface area contributed by atoms with Gasteiger partial charge in [0.1, 0.15) is 11.4 Å². The second-order valence-electron chi connectivity index (χ2n) is 4.24. The third kappa shape index (κ3) is 2.49. The van der Waals surface area contributed by atoms with Crippen LogP contribution < -0.4 is 10.5 Å². The van der Waals surface area contributed by atoms with Crippen molar-refractivity contribution in [2.24, 2.45) is 0 Å². The Balaban J connectivity index is 2.58. The molecule has 0 fully saturated rings. The number of aromatic nitrogens is 2. The number of aromatic hydroxyl groups is 1. The number of anilines is 1. The minimum Gasteiger partial charge on any atom is -0.493 e. The van der Waals surface area contributed by atoms with E-state index in [1.54, 1.807) is 11.0 Å². The topological polar surface area (TPSA) is 69.2 Å². The number of hydrogen-bond donors (Lipinski definition) is 2. The Hall–Kier alpha value is -2.37. The Kier molecular flexibility index (Phi) is 4.02. The predicted molar refractivity (Wildman–Crippen MR) is 75.5 cm³/mol. The summed E-state index contributed by atoms with van der Waals surface area (Å²) in [5, 5.41) is 9.97. The SMILES string of the molecule is CCN(CC)c1nc(O)c(-c2ccccc2F)c(=O)[nH]1. The van der Waals surface area contributed by atoms with E-state index in [0.717, 1.165) is 0 Å². The van der Waals surface area contributed by atoms with Gasteiger partial charge in [-0.1, -0.05) is 18.2 Å². The zero-order valence-electron chi connectivity index (χ0n) is 11.4. The summed E-state index contributed by atoms with van der Waals surface area (Å²) in [5.41, 5.74) is -0.687. The van der Waals surface area contributed by atoms with Crippen molar-refractivity contribution in [3.8, 4) is 17.0 Å². The summed E-state index contributed by atoms with van der Waals surface area (Å²) < 4.78 is 13.7. The Bertz CT molecular complexity index is 666. The quantitative estimate of drug-likeness (QED) is 0.898. The van der Waals surface area contributed by atoms with E-state index in [0.29, 0.717) is 13.1 Å². The Morgan fingerprint density at radius 1 is 1.30 bits per heavy atom. The van der Waals surface area contributed by atoms with Crippen LogP contribution in [0.3, 0.4) is 0 Å². The molecule has 0 saturated carbocycles. The molecule has 0 radical (unpaired) electrons. The van der Waals surface area contributed by atoms with Gasteiger partial charge in [-0.2, -0.15) is 4.98 Å². The molecular weight excluding hydrogens is 261 g/mol. The molecule has 2 aromatic rings. The number of H-pyrrole nitrogens is 1. The van der Waals surface area contributed by atoms with E-state index in [1.807, 2.05) is 13.8 Å². The molecule has 6 heteroatoms. The lowest BCUT2D eigenvalue weighted by molar-refractivity contribution is 0.452. The van der Waals surface area contributed by atoms with Gasteiger partial charge in [0.25, 0.3) is 5.56 Å². The molecule has 20 heavy (non-hydrogen) atoms. The maximum Gasteiger partial charge on any atom is 0.264 e. The Morgan fingerprint density at radius 2 is 1.95 bits per heavy atom. The molecule has 0 unspecified atom stereocenters. The second kappa shape index (κ2) is 5.73. The van der Waals surface area contributed by atoms with Crippen molar-refractivity contribution in [3.63, 3.8) is 0 Å². The van der Waals surface area contributed by atoms with Crippen LogP contribution in [-0.4, -0.2) is 28.2 Å². The van der Waals surface area contributed by atoms with E-state index < -0.39 is 17.3 Å². The van der Waals surface area contributed by atoms with Crippen LogP contribution in [0.25, 0.3) is 11.1 Å². The fraction of sp³-hybridized carbons (Fsp3) is 0.286. The molecule has 0 spiro atoms. The van der Waals surface area contributed by atoms with E-state index in [-0.39, 0.29) is 17.1 Å². The lowest BCUT2D eigenvalue weighted by atomic mass is 10.1. The first-order valence-corrected chi connectivity index (χ1v) is 6.41. The minimum absolute atomic E-state index is 0.0323. The van der Waals surface area contributed by atoms with Crippen LogP contribution >= 0.6 is 0 Å². The van der Waals surface area contributed by atoms with E-state index in [1.165, 1.54) is 18.2 Å². The highest BCUT2D eigenvalue weighted by atomic mass is 19.1. The van der Waals surface area contributed by atoms with Crippen molar-refractivity contribution in [2.75, 3.05) is 18.0 Å². The average Bonchev–Trinajstić information content (AvgIpc) is 2.41. The van der Waals surface area contributed by atoms with Crippen molar-refractivity contribution in [1.82, 2.24) is 9.97 Å². The highest BCUT2D eigenvalue weighted by molar-refractivity contribution is 5.68. The van der Waals surface area contributed by atoms with Crippen molar-refractivity contribution < 1.29 is 9.50 Å². The van der Waals surface area contributed by atoms with Crippen LogP contribution in [-0.2, 0) is 0 Å². The summed E-state index contributed by atoms with van der Waals surface area (Å²) in [5.74, 6) is -0.774. The monoisotopic (exact) mass is 277 g/mol. The van der Waals surface area contributed by atoms with Gasteiger partial charge in [-0.25, -0.2) is 4.39 Å². The van der Waals surface area contributed by atoms with Gasteiger partial charge in [0, 0.05) is 18.7 Å². The average molecular weight is 277 g/mol. The summed E-state index contributed by atoms with van der Waals surface area (Å²) >= 11 is 0. The number of hydrogen-bond acceptors (Lipinski definition) is 4. The standard InChI is InChI=1S/C14H16FN3O2/c1-3-18(4-2)14-16-12(19)11(13(20)17-14)9-7-5-6-8-10(9)15/h5-8H,3-4H2,1-2H3,(H2,16,17,19,20). The number of benzene rings is 1. The van der Waals surface area contributed by atoms with Crippen molar-refractivity contribution in [2.45, 2.75) is 13.8 Å². The first-order chi connectivity index (χ1) is 9.58. The predicted octanol–water partition coefficient (Wildman–Crippen LogP) is 2.13. The van der Waals surface area contributed by atoms with Crippen LogP contribution in [0.2, 0.25) is 0 Å². The molecule has 5 nitrogen and oxygen atoms in total. The Morgan fingerprint density at radius 3 is 2.50 bits per heavy atom. The van der Waals surface area contributed by atoms with Crippen molar-refractivity contribution in [3.05, 3.63) is 40.4 Å². The van der Waals surface area contributed by atoms with E-state index in [2.05, 4.69) is 9.97 Å². The summed E-state index contributed by atoms with van der Waals surface area (Å²) in [7, 11) is 0. The molecular formula is C14H16FN3O2. The van der Waals surface area contributed by atoms with E-state index >= 15 is 0 Å². The molecule has 0 bridgehead atoms. The largest absolute Gasteiger partial charge is 0.493 e. The molecule has 0 aliphatic carbocycles. The molecule has 1 aromatic carbocycles. The minimum atomic E-state index is -0.578. The van der Waals surface area contributed by atoms with E-state index in [9.17, 15) is 14.3 Å². The van der Waals surface area contributed by atoms with Crippen LogP contribution in [0.5, 0.6) is 5.88 Å². The molecule has 106 valence electrons. The fourth-order valence-corrected chi connectivity index (χ4v) is 2.03. The normalized spacial score (nSPS) is 10.6. The van der Waals surface area contributed by atoms with Gasteiger partial charge in [-0.05, 0) is 19.9 Å². The summed E-state index contributed by atoms with van der Waals surface area (Å²) in [6.07, 6.45) is 0. The molecule has 0 atom stereocenters.